The maximum Gasteiger partial charge on any atom is 0.410 e. The van der Waals surface area contributed by atoms with Crippen LogP contribution in [0.5, 0.6) is 0 Å². The summed E-state index contributed by atoms with van der Waals surface area (Å²) in [6.45, 7) is 9.69. The van der Waals surface area contributed by atoms with Crippen molar-refractivity contribution in [1.29, 1.82) is 0 Å². The molecule has 0 saturated carbocycles. The minimum absolute atomic E-state index is 0.147. The summed E-state index contributed by atoms with van der Waals surface area (Å²) in [5.74, 6) is 0.687. The summed E-state index contributed by atoms with van der Waals surface area (Å²) in [5.41, 5.74) is -0.376. The van der Waals surface area contributed by atoms with Crippen LogP contribution in [0.1, 0.15) is 53.4 Å². The molecular weight excluding hydrogens is 202 g/mol. The maximum absolute atomic E-state index is 11.8. The van der Waals surface area contributed by atoms with Crippen molar-refractivity contribution in [2.24, 2.45) is 5.92 Å². The van der Waals surface area contributed by atoms with Crippen LogP contribution in [0.25, 0.3) is 0 Å². The Morgan fingerprint density at radius 1 is 1.44 bits per heavy atom. The van der Waals surface area contributed by atoms with Gasteiger partial charge in [-0.15, -0.1) is 0 Å². The van der Waals surface area contributed by atoms with Crippen LogP contribution in [0.2, 0.25) is 0 Å². The van der Waals surface area contributed by atoms with Crippen LogP contribution in [0, 0.1) is 5.92 Å². The number of unbranched alkanes of at least 4 members (excludes halogenated alkanes) is 1. The molecule has 0 aromatic rings. The number of hydrogen-bond acceptors (Lipinski definition) is 2. The molecule has 1 atom stereocenters. The molecule has 1 heterocycles. The van der Waals surface area contributed by atoms with E-state index in [0.29, 0.717) is 5.92 Å². The zero-order valence-corrected chi connectivity index (χ0v) is 11.1. The topological polar surface area (TPSA) is 29.5 Å². The molecule has 3 heteroatoms. The lowest BCUT2D eigenvalue weighted by Crippen LogP contribution is -2.35. The monoisotopic (exact) mass is 227 g/mol. The van der Waals surface area contributed by atoms with Gasteiger partial charge in [-0.2, -0.15) is 0 Å². The quantitative estimate of drug-likeness (QED) is 0.739. The van der Waals surface area contributed by atoms with Gasteiger partial charge in [0.05, 0.1) is 0 Å². The Balaban J connectivity index is 2.32. The molecule has 1 amide bonds. The highest BCUT2D eigenvalue weighted by atomic mass is 16.6. The van der Waals surface area contributed by atoms with E-state index >= 15 is 0 Å². The van der Waals surface area contributed by atoms with E-state index in [2.05, 4.69) is 6.92 Å². The lowest BCUT2D eigenvalue weighted by atomic mass is 10.0. The van der Waals surface area contributed by atoms with E-state index in [0.717, 1.165) is 19.5 Å². The molecule has 1 unspecified atom stereocenters. The standard InChI is InChI=1S/C13H25NO2/c1-5-6-7-11-8-9-14(10-11)12(15)16-13(2,3)4/h11H,5-10H2,1-4H3. The SMILES string of the molecule is CCCCC1CCN(C(=O)OC(C)(C)C)C1. The summed E-state index contributed by atoms with van der Waals surface area (Å²) in [6, 6.07) is 0. The third kappa shape index (κ3) is 4.42. The average molecular weight is 227 g/mol. The van der Waals surface area contributed by atoms with E-state index in [1.807, 2.05) is 25.7 Å². The molecule has 0 spiro atoms. The van der Waals surface area contributed by atoms with E-state index in [9.17, 15) is 4.79 Å². The third-order valence-electron chi connectivity index (χ3n) is 2.90. The molecule has 0 aromatic heterocycles. The van der Waals surface area contributed by atoms with E-state index in [4.69, 9.17) is 4.74 Å². The fraction of sp³-hybridized carbons (Fsp3) is 0.923. The van der Waals surface area contributed by atoms with Crippen molar-refractivity contribution in [3.05, 3.63) is 0 Å². The first kappa shape index (κ1) is 13.3. The number of likely N-dealkylation sites (tertiary alicyclic amines) is 1. The second kappa shape index (κ2) is 5.55. The van der Waals surface area contributed by atoms with E-state index in [1.165, 1.54) is 19.3 Å². The highest BCUT2D eigenvalue weighted by Crippen LogP contribution is 2.23. The van der Waals surface area contributed by atoms with E-state index in [1.54, 1.807) is 0 Å². The second-order valence-corrected chi connectivity index (χ2v) is 5.72. The van der Waals surface area contributed by atoms with Crippen LogP contribution in [0.4, 0.5) is 4.79 Å². The Bertz CT molecular complexity index is 233. The van der Waals surface area contributed by atoms with Crippen LogP contribution in [-0.4, -0.2) is 29.7 Å². The van der Waals surface area contributed by atoms with Crippen molar-refractivity contribution in [3.63, 3.8) is 0 Å². The molecule has 1 aliphatic heterocycles. The molecule has 0 bridgehead atoms. The van der Waals surface area contributed by atoms with Gasteiger partial charge in [-0.25, -0.2) is 4.79 Å². The Morgan fingerprint density at radius 3 is 2.69 bits per heavy atom. The molecule has 0 radical (unpaired) electrons. The zero-order valence-electron chi connectivity index (χ0n) is 11.1. The zero-order chi connectivity index (χ0) is 12.2. The number of hydrogen-bond donors (Lipinski definition) is 0. The molecule has 0 N–H and O–H groups in total. The Labute approximate surface area is 99.1 Å². The number of amides is 1. The highest BCUT2D eigenvalue weighted by molar-refractivity contribution is 5.68. The fourth-order valence-electron chi connectivity index (χ4n) is 2.05. The molecule has 1 fully saturated rings. The van der Waals surface area contributed by atoms with Crippen LogP contribution in [-0.2, 0) is 4.74 Å². The molecule has 94 valence electrons. The van der Waals surface area contributed by atoms with E-state index < -0.39 is 0 Å². The first-order valence-electron chi connectivity index (χ1n) is 6.40. The van der Waals surface area contributed by atoms with Crippen LogP contribution in [0.3, 0.4) is 0 Å². The van der Waals surface area contributed by atoms with Crippen LogP contribution in [0.15, 0.2) is 0 Å². The summed E-state index contributed by atoms with van der Waals surface area (Å²) in [7, 11) is 0. The van der Waals surface area contributed by atoms with Gasteiger partial charge < -0.3 is 9.64 Å². The van der Waals surface area contributed by atoms with Gasteiger partial charge in [0.2, 0.25) is 0 Å². The predicted octanol–water partition coefficient (Wildman–Crippen LogP) is 3.43. The average Bonchev–Trinajstić information content (AvgIpc) is 2.60. The van der Waals surface area contributed by atoms with Gasteiger partial charge in [-0.1, -0.05) is 19.8 Å². The summed E-state index contributed by atoms with van der Waals surface area (Å²) in [6.07, 6.45) is 4.75. The lowest BCUT2D eigenvalue weighted by molar-refractivity contribution is 0.0287. The minimum Gasteiger partial charge on any atom is -0.444 e. The van der Waals surface area contributed by atoms with Crippen molar-refractivity contribution >= 4 is 6.09 Å². The summed E-state index contributed by atoms with van der Waals surface area (Å²) in [4.78, 5) is 13.6. The van der Waals surface area contributed by atoms with Crippen molar-refractivity contribution < 1.29 is 9.53 Å². The first-order chi connectivity index (χ1) is 7.42. The van der Waals surface area contributed by atoms with Crippen molar-refractivity contribution in [3.8, 4) is 0 Å². The number of ether oxygens (including phenoxy) is 1. The second-order valence-electron chi connectivity index (χ2n) is 5.72. The third-order valence-corrected chi connectivity index (χ3v) is 2.90. The summed E-state index contributed by atoms with van der Waals surface area (Å²) in [5, 5.41) is 0. The van der Waals surface area contributed by atoms with Crippen molar-refractivity contribution in [2.45, 2.75) is 59.0 Å². The van der Waals surface area contributed by atoms with Gasteiger partial charge in [-0.05, 0) is 39.5 Å². The number of nitrogens with zero attached hydrogens (tertiary/aromatic N) is 1. The highest BCUT2D eigenvalue weighted by Gasteiger charge is 2.29. The smallest absolute Gasteiger partial charge is 0.410 e. The Hall–Kier alpha value is -0.730. The fourth-order valence-corrected chi connectivity index (χ4v) is 2.05. The van der Waals surface area contributed by atoms with Crippen molar-refractivity contribution in [1.82, 2.24) is 4.90 Å². The number of carbonyl (C=O) groups excluding carboxylic acids is 1. The first-order valence-corrected chi connectivity index (χ1v) is 6.40. The van der Waals surface area contributed by atoms with Gasteiger partial charge in [-0.3, -0.25) is 0 Å². The number of carbonyl (C=O) groups is 1. The molecule has 1 aliphatic rings. The molecule has 0 aromatic carbocycles. The number of rotatable bonds is 3. The maximum atomic E-state index is 11.8. The largest absolute Gasteiger partial charge is 0.444 e. The van der Waals surface area contributed by atoms with Gasteiger partial charge in [0.1, 0.15) is 5.60 Å². The van der Waals surface area contributed by atoms with E-state index in [-0.39, 0.29) is 11.7 Å². The molecular formula is C13H25NO2. The Morgan fingerprint density at radius 2 is 2.12 bits per heavy atom. The van der Waals surface area contributed by atoms with Crippen LogP contribution >= 0.6 is 0 Å². The van der Waals surface area contributed by atoms with Crippen LogP contribution < -0.4 is 0 Å². The van der Waals surface area contributed by atoms with Crippen molar-refractivity contribution in [2.75, 3.05) is 13.1 Å². The summed E-state index contributed by atoms with van der Waals surface area (Å²) < 4.78 is 5.36. The van der Waals surface area contributed by atoms with Gasteiger partial charge in [0, 0.05) is 13.1 Å². The van der Waals surface area contributed by atoms with Gasteiger partial charge in [0.15, 0.2) is 0 Å². The van der Waals surface area contributed by atoms with Gasteiger partial charge in [0.25, 0.3) is 0 Å². The molecule has 1 saturated heterocycles. The minimum atomic E-state index is -0.376. The predicted molar refractivity (Wildman–Crippen MR) is 65.4 cm³/mol. The molecule has 1 rings (SSSR count). The molecule has 16 heavy (non-hydrogen) atoms. The Kier molecular flexibility index (Phi) is 4.63. The van der Waals surface area contributed by atoms with Gasteiger partial charge >= 0.3 is 6.09 Å². The molecule has 3 nitrogen and oxygen atoms in total. The lowest BCUT2D eigenvalue weighted by Gasteiger charge is -2.24. The molecule has 0 aliphatic carbocycles. The normalized spacial score (nSPS) is 21.2. The summed E-state index contributed by atoms with van der Waals surface area (Å²) >= 11 is 0.